The third kappa shape index (κ3) is 5.01. The van der Waals surface area contributed by atoms with Crippen molar-refractivity contribution in [3.8, 4) is 5.88 Å². The summed E-state index contributed by atoms with van der Waals surface area (Å²) in [6.07, 6.45) is 2.56. The molecule has 0 atom stereocenters. The number of nitrogens with one attached hydrogen (secondary N) is 2. The van der Waals surface area contributed by atoms with Crippen LogP contribution in [0.5, 0.6) is 5.88 Å². The number of aromatic nitrogens is 2. The minimum absolute atomic E-state index is 0.419. The zero-order valence-corrected chi connectivity index (χ0v) is 19.6. The number of fused-ring (bicyclic) bond motifs is 1. The normalized spacial score (nSPS) is 14.8. The monoisotopic (exact) mass is 460 g/mol. The highest BCUT2D eigenvalue weighted by atomic mass is 32.1. The Morgan fingerprint density at radius 1 is 0.970 bits per heavy atom. The molecule has 2 aliphatic rings. The first-order valence-electron chi connectivity index (χ1n) is 11.3. The van der Waals surface area contributed by atoms with E-state index in [0.717, 1.165) is 32.0 Å². The Morgan fingerprint density at radius 3 is 2.33 bits per heavy atom. The first-order valence-corrected chi connectivity index (χ1v) is 11.7. The second-order valence-corrected chi connectivity index (χ2v) is 8.79. The van der Waals surface area contributed by atoms with Crippen molar-refractivity contribution >= 4 is 34.8 Å². The number of anilines is 3. The number of rotatable bonds is 6. The smallest absolute Gasteiger partial charge is 0.234 e. The standard InChI is InChI=1S/C25H28N6OS/c1-32-23-14-22(31-16-19-6-2-3-7-20(19)17-31)27-24(28-23)29-25(33)26-15-18-8-10-21(11-9-18)30-12-4-5-13-30/h2-3,6-11,14H,4-5,12-13,15-17H2,1H3,(H2,26,27,28,29,33). The van der Waals surface area contributed by atoms with Crippen molar-refractivity contribution in [2.24, 2.45) is 0 Å². The molecule has 0 unspecified atom stereocenters. The number of methoxy groups -OCH3 is 1. The fourth-order valence-corrected chi connectivity index (χ4v) is 4.52. The van der Waals surface area contributed by atoms with E-state index in [2.05, 4.69) is 78.9 Å². The number of hydrogen-bond donors (Lipinski definition) is 2. The van der Waals surface area contributed by atoms with Gasteiger partial charge >= 0.3 is 0 Å². The molecule has 2 N–H and O–H groups in total. The van der Waals surface area contributed by atoms with Crippen LogP contribution in [-0.2, 0) is 19.6 Å². The van der Waals surface area contributed by atoms with E-state index in [0.29, 0.717) is 23.5 Å². The van der Waals surface area contributed by atoms with Gasteiger partial charge in [-0.2, -0.15) is 9.97 Å². The largest absolute Gasteiger partial charge is 0.481 e. The Kier molecular flexibility index (Phi) is 6.26. The van der Waals surface area contributed by atoms with E-state index in [1.807, 2.05) is 6.07 Å². The molecule has 0 radical (unpaired) electrons. The van der Waals surface area contributed by atoms with E-state index in [1.165, 1.54) is 35.2 Å². The second-order valence-electron chi connectivity index (χ2n) is 8.39. The molecule has 3 aromatic rings. The van der Waals surface area contributed by atoms with E-state index in [9.17, 15) is 0 Å². The van der Waals surface area contributed by atoms with E-state index in [-0.39, 0.29) is 0 Å². The number of ether oxygens (including phenoxy) is 1. The van der Waals surface area contributed by atoms with Crippen LogP contribution in [-0.4, -0.2) is 35.3 Å². The van der Waals surface area contributed by atoms with Gasteiger partial charge in [0.05, 0.1) is 7.11 Å². The molecule has 33 heavy (non-hydrogen) atoms. The number of benzene rings is 2. The van der Waals surface area contributed by atoms with E-state index >= 15 is 0 Å². The summed E-state index contributed by atoms with van der Waals surface area (Å²) in [5.41, 5.74) is 5.09. The van der Waals surface area contributed by atoms with Crippen LogP contribution in [0.25, 0.3) is 0 Å². The van der Waals surface area contributed by atoms with Crippen molar-refractivity contribution in [3.63, 3.8) is 0 Å². The first-order chi connectivity index (χ1) is 16.2. The summed E-state index contributed by atoms with van der Waals surface area (Å²) < 4.78 is 5.41. The molecule has 0 saturated carbocycles. The first kappa shape index (κ1) is 21.5. The maximum absolute atomic E-state index is 5.50. The van der Waals surface area contributed by atoms with Crippen molar-refractivity contribution in [2.45, 2.75) is 32.5 Å². The minimum Gasteiger partial charge on any atom is -0.481 e. The Balaban J connectivity index is 1.21. The summed E-state index contributed by atoms with van der Waals surface area (Å²) in [6.45, 7) is 4.55. The predicted octanol–water partition coefficient (Wildman–Crippen LogP) is 4.09. The van der Waals surface area contributed by atoms with Crippen molar-refractivity contribution < 1.29 is 4.74 Å². The molecule has 0 bridgehead atoms. The van der Waals surface area contributed by atoms with Crippen molar-refractivity contribution in [1.29, 1.82) is 0 Å². The highest BCUT2D eigenvalue weighted by Gasteiger charge is 2.21. The summed E-state index contributed by atoms with van der Waals surface area (Å²) in [5, 5.41) is 6.84. The summed E-state index contributed by atoms with van der Waals surface area (Å²) in [4.78, 5) is 13.7. The lowest BCUT2D eigenvalue weighted by atomic mass is 10.1. The summed E-state index contributed by atoms with van der Waals surface area (Å²) >= 11 is 5.50. The maximum atomic E-state index is 5.50. The van der Waals surface area contributed by atoms with Gasteiger partial charge in [0.1, 0.15) is 5.82 Å². The lowest BCUT2D eigenvalue weighted by Gasteiger charge is -2.19. The van der Waals surface area contributed by atoms with Crippen LogP contribution < -0.4 is 25.2 Å². The van der Waals surface area contributed by atoms with Crippen LogP contribution in [0.2, 0.25) is 0 Å². The second kappa shape index (κ2) is 9.62. The summed E-state index contributed by atoms with van der Waals surface area (Å²) in [7, 11) is 1.61. The van der Waals surface area contributed by atoms with Crippen LogP contribution in [0, 0.1) is 0 Å². The lowest BCUT2D eigenvalue weighted by Crippen LogP contribution is -2.29. The van der Waals surface area contributed by atoms with Crippen LogP contribution in [0.15, 0.2) is 54.6 Å². The van der Waals surface area contributed by atoms with E-state index in [4.69, 9.17) is 17.0 Å². The van der Waals surface area contributed by atoms with Gasteiger partial charge in [0.15, 0.2) is 5.11 Å². The average Bonchev–Trinajstić information content (AvgIpc) is 3.53. The topological polar surface area (TPSA) is 65.6 Å². The molecular formula is C25H28N6OS. The number of nitrogens with zero attached hydrogens (tertiary/aromatic N) is 4. The molecule has 1 aromatic heterocycles. The molecule has 1 fully saturated rings. The SMILES string of the molecule is COc1cc(N2Cc3ccccc3C2)nc(NC(=S)NCc2ccc(N3CCCC3)cc2)n1. The highest BCUT2D eigenvalue weighted by Crippen LogP contribution is 2.29. The fourth-order valence-electron chi connectivity index (χ4n) is 4.36. The van der Waals surface area contributed by atoms with Crippen LogP contribution in [0.1, 0.15) is 29.5 Å². The predicted molar refractivity (Wildman–Crippen MR) is 136 cm³/mol. The van der Waals surface area contributed by atoms with Gasteiger partial charge < -0.3 is 25.2 Å². The lowest BCUT2D eigenvalue weighted by molar-refractivity contribution is 0.397. The Hall–Kier alpha value is -3.39. The van der Waals surface area contributed by atoms with E-state index in [1.54, 1.807) is 7.11 Å². The van der Waals surface area contributed by atoms with Crippen LogP contribution in [0.3, 0.4) is 0 Å². The number of thiocarbonyl (C=S) groups is 1. The highest BCUT2D eigenvalue weighted by molar-refractivity contribution is 7.80. The molecule has 0 amide bonds. The molecule has 5 rings (SSSR count). The third-order valence-electron chi connectivity index (χ3n) is 6.15. The quantitative estimate of drug-likeness (QED) is 0.533. The van der Waals surface area contributed by atoms with Gasteiger partial charge in [-0.25, -0.2) is 0 Å². The Bertz CT molecular complexity index is 1100. The summed E-state index contributed by atoms with van der Waals surface area (Å²) in [6, 6.07) is 19.0. The van der Waals surface area contributed by atoms with Gasteiger partial charge in [-0.1, -0.05) is 36.4 Å². The molecule has 0 aliphatic carbocycles. The van der Waals surface area contributed by atoms with Gasteiger partial charge in [-0.05, 0) is 53.9 Å². The van der Waals surface area contributed by atoms with Crippen molar-refractivity contribution in [2.75, 3.05) is 35.3 Å². The zero-order chi connectivity index (χ0) is 22.6. The fraction of sp³-hybridized carbons (Fsp3) is 0.320. The molecule has 3 heterocycles. The average molecular weight is 461 g/mol. The Labute approximate surface area is 199 Å². The molecule has 1 saturated heterocycles. The maximum Gasteiger partial charge on any atom is 0.234 e. The zero-order valence-electron chi connectivity index (χ0n) is 18.8. The molecule has 170 valence electrons. The molecule has 8 heteroatoms. The van der Waals surface area contributed by atoms with Gasteiger partial charge in [0.2, 0.25) is 11.8 Å². The van der Waals surface area contributed by atoms with Crippen molar-refractivity contribution in [3.05, 3.63) is 71.3 Å². The van der Waals surface area contributed by atoms with Crippen LogP contribution >= 0.6 is 12.2 Å². The van der Waals surface area contributed by atoms with Gasteiger partial charge in [0.25, 0.3) is 0 Å². The molecular weight excluding hydrogens is 432 g/mol. The molecule has 2 aromatic carbocycles. The van der Waals surface area contributed by atoms with Gasteiger partial charge in [-0.3, -0.25) is 0 Å². The molecule has 2 aliphatic heterocycles. The minimum atomic E-state index is 0.419. The molecule has 0 spiro atoms. The van der Waals surface area contributed by atoms with Crippen molar-refractivity contribution in [1.82, 2.24) is 15.3 Å². The van der Waals surface area contributed by atoms with Crippen LogP contribution in [0.4, 0.5) is 17.5 Å². The number of hydrogen-bond acceptors (Lipinski definition) is 6. The third-order valence-corrected chi connectivity index (χ3v) is 6.40. The summed E-state index contributed by atoms with van der Waals surface area (Å²) in [5.74, 6) is 1.72. The van der Waals surface area contributed by atoms with E-state index < -0.39 is 0 Å². The van der Waals surface area contributed by atoms with Gasteiger partial charge in [0, 0.05) is 44.5 Å². The van der Waals surface area contributed by atoms with Gasteiger partial charge in [-0.15, -0.1) is 0 Å². The molecule has 7 nitrogen and oxygen atoms in total. The Morgan fingerprint density at radius 2 is 1.67 bits per heavy atom.